The Hall–Kier alpha value is -3.26. The maximum Gasteiger partial charge on any atom is 0.250 e. The Morgan fingerprint density at radius 3 is 2.35 bits per heavy atom. The largest absolute Gasteiger partial charge is 0.331 e. The molecular weight excluding hydrogens is 453 g/mol. The molecule has 1 amide bonds. The van der Waals surface area contributed by atoms with Gasteiger partial charge in [0.25, 0.3) is 0 Å². The minimum Gasteiger partial charge on any atom is -0.331 e. The van der Waals surface area contributed by atoms with Crippen LogP contribution in [0, 0.1) is 0 Å². The number of hydrogen-bond acceptors (Lipinski definition) is 4. The first-order chi connectivity index (χ1) is 15.0. The van der Waals surface area contributed by atoms with Gasteiger partial charge in [-0.3, -0.25) is 10.1 Å². The van der Waals surface area contributed by atoms with Crippen molar-refractivity contribution in [3.05, 3.63) is 88.4 Å². The highest BCUT2D eigenvalue weighted by Crippen LogP contribution is 2.27. The lowest BCUT2D eigenvalue weighted by Crippen LogP contribution is -2.32. The van der Waals surface area contributed by atoms with E-state index in [4.69, 9.17) is 35.4 Å². The molecule has 2 N–H and O–H groups in total. The van der Waals surface area contributed by atoms with Crippen LogP contribution in [-0.2, 0) is 4.79 Å². The molecule has 4 aromatic rings. The Bertz CT molecular complexity index is 1290. The summed E-state index contributed by atoms with van der Waals surface area (Å²) < 4.78 is 0. The molecule has 0 saturated carbocycles. The first-order valence-corrected chi connectivity index (χ1v) is 10.3. The van der Waals surface area contributed by atoms with E-state index in [1.807, 2.05) is 30.3 Å². The van der Waals surface area contributed by atoms with Gasteiger partial charge in [0.05, 0.1) is 16.4 Å². The summed E-state index contributed by atoms with van der Waals surface area (Å²) in [5.74, 6) is -0.375. The molecule has 0 spiro atoms. The van der Waals surface area contributed by atoms with Crippen LogP contribution in [0.25, 0.3) is 22.8 Å². The van der Waals surface area contributed by atoms with E-state index >= 15 is 0 Å². The molecule has 0 aliphatic rings. The van der Waals surface area contributed by atoms with Crippen molar-refractivity contribution in [3.8, 4) is 5.69 Å². The summed E-state index contributed by atoms with van der Waals surface area (Å²) in [7, 11) is 0. The molecule has 0 saturated heterocycles. The minimum absolute atomic E-state index is 0.113. The van der Waals surface area contributed by atoms with Gasteiger partial charge < -0.3 is 5.32 Å². The number of benzene rings is 3. The summed E-state index contributed by atoms with van der Waals surface area (Å²) in [5.41, 5.74) is 3.46. The molecule has 0 aliphatic heterocycles. The molecule has 4 rings (SSSR count). The van der Waals surface area contributed by atoms with E-state index < -0.39 is 0 Å². The first kappa shape index (κ1) is 21.0. The molecule has 9 heteroatoms. The number of para-hydroxylation sites is 1. The van der Waals surface area contributed by atoms with Crippen LogP contribution in [-0.4, -0.2) is 26.0 Å². The number of amides is 1. The van der Waals surface area contributed by atoms with Gasteiger partial charge in [-0.25, -0.2) is 0 Å². The molecular formula is C22H15Cl2N5OS. The van der Waals surface area contributed by atoms with Crippen LogP contribution in [0.3, 0.4) is 0 Å². The van der Waals surface area contributed by atoms with Crippen molar-refractivity contribution in [2.24, 2.45) is 0 Å². The normalized spacial score (nSPS) is 11.0. The summed E-state index contributed by atoms with van der Waals surface area (Å²) in [4.78, 5) is 13.7. The Labute approximate surface area is 193 Å². The fraction of sp³-hybridized carbons (Fsp3) is 0. The fourth-order valence-electron chi connectivity index (χ4n) is 2.76. The van der Waals surface area contributed by atoms with Crippen LogP contribution in [0.1, 0.15) is 5.56 Å². The number of fused-ring (bicyclic) bond motifs is 1. The van der Waals surface area contributed by atoms with E-state index in [0.29, 0.717) is 26.8 Å². The van der Waals surface area contributed by atoms with Crippen molar-refractivity contribution in [2.45, 2.75) is 0 Å². The minimum atomic E-state index is -0.375. The smallest absolute Gasteiger partial charge is 0.250 e. The van der Waals surface area contributed by atoms with Crippen LogP contribution < -0.4 is 10.6 Å². The zero-order chi connectivity index (χ0) is 21.8. The van der Waals surface area contributed by atoms with Gasteiger partial charge in [-0.2, -0.15) is 4.80 Å². The number of nitrogens with zero attached hydrogens (tertiary/aromatic N) is 3. The number of halogens is 2. The number of thiocarbonyl (C=S) groups is 1. The number of carbonyl (C=O) groups excluding carboxylic acids is 1. The van der Waals surface area contributed by atoms with E-state index in [1.54, 1.807) is 42.5 Å². The van der Waals surface area contributed by atoms with E-state index in [0.717, 1.165) is 11.3 Å². The standard InChI is InChI=1S/C22H15Cl2N5OS/c23-15-9-6-14(7-10-15)8-11-21(30)26-22(31)25-18-13-20-19(12-17(18)24)27-29(28-20)16-4-2-1-3-5-16/h1-13H,(H2,25,26,30,31)/b11-8+. The van der Waals surface area contributed by atoms with Gasteiger partial charge in [0.15, 0.2) is 5.11 Å². The van der Waals surface area contributed by atoms with E-state index in [-0.39, 0.29) is 11.0 Å². The first-order valence-electron chi connectivity index (χ1n) is 9.15. The predicted octanol–water partition coefficient (Wildman–Crippen LogP) is 5.25. The van der Waals surface area contributed by atoms with Crippen molar-refractivity contribution in [1.29, 1.82) is 0 Å². The molecule has 0 aliphatic carbocycles. The van der Waals surface area contributed by atoms with Gasteiger partial charge in [-0.05, 0) is 60.3 Å². The van der Waals surface area contributed by atoms with Gasteiger partial charge >= 0.3 is 0 Å². The van der Waals surface area contributed by atoms with Crippen molar-refractivity contribution in [3.63, 3.8) is 0 Å². The monoisotopic (exact) mass is 467 g/mol. The highest BCUT2D eigenvalue weighted by atomic mass is 35.5. The highest BCUT2D eigenvalue weighted by molar-refractivity contribution is 7.80. The molecule has 31 heavy (non-hydrogen) atoms. The summed E-state index contributed by atoms with van der Waals surface area (Å²) in [6.07, 6.45) is 3.04. The molecule has 154 valence electrons. The Balaban J connectivity index is 1.44. The van der Waals surface area contributed by atoms with Crippen molar-refractivity contribution in [1.82, 2.24) is 20.3 Å². The Morgan fingerprint density at radius 2 is 1.65 bits per heavy atom. The average molecular weight is 468 g/mol. The molecule has 0 bridgehead atoms. The number of rotatable bonds is 4. The number of hydrogen-bond donors (Lipinski definition) is 2. The molecule has 0 fully saturated rings. The topological polar surface area (TPSA) is 71.8 Å². The molecule has 0 unspecified atom stereocenters. The average Bonchev–Trinajstić information content (AvgIpc) is 3.17. The van der Waals surface area contributed by atoms with Crippen molar-refractivity contribution >= 4 is 69.2 Å². The molecule has 0 atom stereocenters. The van der Waals surface area contributed by atoms with E-state index in [1.165, 1.54) is 10.9 Å². The number of aromatic nitrogens is 3. The third kappa shape index (κ3) is 5.27. The van der Waals surface area contributed by atoms with Crippen LogP contribution >= 0.6 is 35.4 Å². The third-order valence-corrected chi connectivity index (χ3v) is 5.01. The van der Waals surface area contributed by atoms with Crippen molar-refractivity contribution < 1.29 is 4.79 Å². The summed E-state index contributed by atoms with van der Waals surface area (Å²) in [6.45, 7) is 0. The van der Waals surface area contributed by atoms with Gasteiger partial charge in [0.1, 0.15) is 11.0 Å². The van der Waals surface area contributed by atoms with Crippen LogP contribution in [0.2, 0.25) is 10.0 Å². The molecule has 6 nitrogen and oxygen atoms in total. The third-order valence-electron chi connectivity index (χ3n) is 4.24. The second-order valence-electron chi connectivity index (χ2n) is 6.47. The lowest BCUT2D eigenvalue weighted by molar-refractivity contribution is -0.115. The molecule has 3 aromatic carbocycles. The van der Waals surface area contributed by atoms with Gasteiger partial charge in [0.2, 0.25) is 5.91 Å². The SMILES string of the molecule is O=C(/C=C/c1ccc(Cl)cc1)NC(=S)Nc1cc2nn(-c3ccccc3)nc2cc1Cl. The number of carbonyl (C=O) groups is 1. The second-order valence-corrected chi connectivity index (χ2v) is 7.73. The predicted molar refractivity (Wildman–Crippen MR) is 129 cm³/mol. The highest BCUT2D eigenvalue weighted by Gasteiger charge is 2.11. The maximum absolute atomic E-state index is 12.1. The van der Waals surface area contributed by atoms with Gasteiger partial charge in [-0.15, -0.1) is 10.2 Å². The summed E-state index contributed by atoms with van der Waals surface area (Å²) >= 11 is 17.4. The number of anilines is 1. The lowest BCUT2D eigenvalue weighted by Gasteiger charge is -2.09. The van der Waals surface area contributed by atoms with E-state index in [2.05, 4.69) is 20.8 Å². The zero-order valence-corrected chi connectivity index (χ0v) is 18.2. The Morgan fingerprint density at radius 1 is 0.968 bits per heavy atom. The summed E-state index contributed by atoms with van der Waals surface area (Å²) in [5, 5.41) is 15.6. The zero-order valence-electron chi connectivity index (χ0n) is 15.9. The van der Waals surface area contributed by atoms with Crippen LogP contribution in [0.15, 0.2) is 72.8 Å². The van der Waals surface area contributed by atoms with E-state index in [9.17, 15) is 4.79 Å². The Kier molecular flexibility index (Phi) is 6.27. The maximum atomic E-state index is 12.1. The fourth-order valence-corrected chi connectivity index (χ4v) is 3.31. The molecule has 1 aromatic heterocycles. The summed E-state index contributed by atoms with van der Waals surface area (Å²) in [6, 6.07) is 20.1. The van der Waals surface area contributed by atoms with Gasteiger partial charge in [-0.1, -0.05) is 53.5 Å². The van der Waals surface area contributed by atoms with Crippen molar-refractivity contribution in [2.75, 3.05) is 5.32 Å². The molecule has 0 radical (unpaired) electrons. The van der Waals surface area contributed by atoms with Crippen LogP contribution in [0.4, 0.5) is 5.69 Å². The van der Waals surface area contributed by atoms with Crippen LogP contribution in [0.5, 0.6) is 0 Å². The molecule has 1 heterocycles. The van der Waals surface area contributed by atoms with Gasteiger partial charge in [0, 0.05) is 11.1 Å². The quantitative estimate of drug-likeness (QED) is 0.316. The lowest BCUT2D eigenvalue weighted by atomic mass is 10.2. The second kappa shape index (κ2) is 9.26. The number of nitrogens with one attached hydrogen (secondary N) is 2.